The second-order valence-corrected chi connectivity index (χ2v) is 4.02. The number of methoxy groups -OCH3 is 1. The molecule has 0 rings (SSSR count). The van der Waals surface area contributed by atoms with Gasteiger partial charge < -0.3 is 14.5 Å². The van der Waals surface area contributed by atoms with E-state index in [0.29, 0.717) is 12.5 Å². The van der Waals surface area contributed by atoms with Gasteiger partial charge in [-0.15, -0.1) is 0 Å². The van der Waals surface area contributed by atoms with Crippen molar-refractivity contribution in [1.29, 1.82) is 0 Å². The summed E-state index contributed by atoms with van der Waals surface area (Å²) in [6, 6.07) is 0. The van der Waals surface area contributed by atoms with Crippen LogP contribution in [-0.2, 0) is 9.57 Å². The van der Waals surface area contributed by atoms with Crippen molar-refractivity contribution in [3.05, 3.63) is 0 Å². The van der Waals surface area contributed by atoms with Crippen LogP contribution in [0.4, 0.5) is 0 Å². The fourth-order valence-electron chi connectivity index (χ4n) is 0.808. The van der Waals surface area contributed by atoms with Crippen molar-refractivity contribution in [3.63, 3.8) is 0 Å². The summed E-state index contributed by atoms with van der Waals surface area (Å²) >= 11 is 0. The summed E-state index contributed by atoms with van der Waals surface area (Å²) in [5.74, 6) is 0.455. The van der Waals surface area contributed by atoms with Crippen LogP contribution in [-0.4, -0.2) is 51.1 Å². The van der Waals surface area contributed by atoms with E-state index in [2.05, 4.69) is 23.9 Å². The van der Waals surface area contributed by atoms with E-state index >= 15 is 0 Å². The van der Waals surface area contributed by atoms with Crippen LogP contribution < -0.4 is 0 Å². The Hall–Kier alpha value is -0.610. The average molecular weight is 216 g/mol. The summed E-state index contributed by atoms with van der Waals surface area (Å²) in [7, 11) is 3.75. The predicted octanol–water partition coefficient (Wildman–Crippen LogP) is 1.61. The van der Waals surface area contributed by atoms with Crippen LogP contribution in [0, 0.1) is 5.92 Å². The SMILES string of the molecule is COCCN(C)CCO/N=C(\C)C(C)C. The Kier molecular flexibility index (Phi) is 8.33. The summed E-state index contributed by atoms with van der Waals surface area (Å²) in [5.41, 5.74) is 1.04. The molecule has 0 atom stereocenters. The van der Waals surface area contributed by atoms with Crippen LogP contribution in [0.5, 0.6) is 0 Å². The molecule has 0 bridgehead atoms. The first-order valence-corrected chi connectivity index (χ1v) is 5.41. The zero-order chi connectivity index (χ0) is 11.7. The molecule has 0 unspecified atom stereocenters. The van der Waals surface area contributed by atoms with Crippen molar-refractivity contribution in [2.75, 3.05) is 40.5 Å². The first-order chi connectivity index (χ1) is 7.07. The molecule has 0 aromatic rings. The van der Waals surface area contributed by atoms with E-state index in [0.717, 1.165) is 25.4 Å². The lowest BCUT2D eigenvalue weighted by molar-refractivity contribution is 0.103. The zero-order valence-corrected chi connectivity index (χ0v) is 10.6. The molecule has 4 nitrogen and oxygen atoms in total. The molecule has 0 saturated carbocycles. The highest BCUT2D eigenvalue weighted by atomic mass is 16.6. The number of nitrogens with zero attached hydrogens (tertiary/aromatic N) is 2. The third kappa shape index (κ3) is 8.39. The van der Waals surface area contributed by atoms with Crippen molar-refractivity contribution in [2.24, 2.45) is 11.1 Å². The van der Waals surface area contributed by atoms with Crippen molar-refractivity contribution < 1.29 is 9.57 Å². The summed E-state index contributed by atoms with van der Waals surface area (Å²) in [4.78, 5) is 7.37. The molecule has 0 heterocycles. The van der Waals surface area contributed by atoms with Crippen molar-refractivity contribution in [3.8, 4) is 0 Å². The Morgan fingerprint density at radius 3 is 2.40 bits per heavy atom. The number of likely N-dealkylation sites (N-methyl/N-ethyl adjacent to an activating group) is 1. The van der Waals surface area contributed by atoms with Crippen LogP contribution in [0.15, 0.2) is 5.16 Å². The molecule has 0 aromatic heterocycles. The minimum atomic E-state index is 0.455. The van der Waals surface area contributed by atoms with Crippen molar-refractivity contribution >= 4 is 5.71 Å². The van der Waals surface area contributed by atoms with E-state index in [1.54, 1.807) is 7.11 Å². The largest absolute Gasteiger partial charge is 0.394 e. The molecule has 0 radical (unpaired) electrons. The molecule has 0 aliphatic carbocycles. The zero-order valence-electron chi connectivity index (χ0n) is 10.6. The van der Waals surface area contributed by atoms with Crippen LogP contribution in [0.1, 0.15) is 20.8 Å². The molecule has 4 heteroatoms. The second-order valence-electron chi connectivity index (χ2n) is 4.02. The van der Waals surface area contributed by atoms with Crippen LogP contribution in [0.2, 0.25) is 0 Å². The van der Waals surface area contributed by atoms with Gasteiger partial charge in [-0.1, -0.05) is 19.0 Å². The van der Waals surface area contributed by atoms with Gasteiger partial charge in [0, 0.05) is 20.2 Å². The Balaban J connectivity index is 3.49. The van der Waals surface area contributed by atoms with Crippen LogP contribution >= 0.6 is 0 Å². The number of ether oxygens (including phenoxy) is 1. The van der Waals surface area contributed by atoms with Gasteiger partial charge in [0.25, 0.3) is 0 Å². The highest BCUT2D eigenvalue weighted by Crippen LogP contribution is 1.96. The molecule has 90 valence electrons. The molecule has 0 aliphatic heterocycles. The Labute approximate surface area is 93.2 Å². The van der Waals surface area contributed by atoms with Crippen LogP contribution in [0.3, 0.4) is 0 Å². The molecule has 0 aromatic carbocycles. The minimum Gasteiger partial charge on any atom is -0.394 e. The molecular formula is C11H24N2O2. The molecular weight excluding hydrogens is 192 g/mol. The number of oxime groups is 1. The quantitative estimate of drug-likeness (QED) is 0.351. The standard InChI is InChI=1S/C11H24N2O2/c1-10(2)11(3)12-15-9-7-13(4)6-8-14-5/h10H,6-9H2,1-5H3/b12-11+. The molecule has 0 saturated heterocycles. The molecule has 0 fully saturated rings. The van der Waals surface area contributed by atoms with Crippen molar-refractivity contribution in [2.45, 2.75) is 20.8 Å². The maximum Gasteiger partial charge on any atom is 0.129 e. The minimum absolute atomic E-state index is 0.455. The maximum absolute atomic E-state index is 5.21. The maximum atomic E-state index is 5.21. The number of hydrogen-bond acceptors (Lipinski definition) is 4. The summed E-state index contributed by atoms with van der Waals surface area (Å²) in [6.07, 6.45) is 0. The monoisotopic (exact) mass is 216 g/mol. The summed E-state index contributed by atoms with van der Waals surface area (Å²) in [5, 5.41) is 4.03. The molecule has 0 aliphatic rings. The van der Waals surface area contributed by atoms with Gasteiger partial charge in [-0.25, -0.2) is 0 Å². The molecule has 0 spiro atoms. The van der Waals surface area contributed by atoms with E-state index in [-0.39, 0.29) is 0 Å². The van der Waals surface area contributed by atoms with Gasteiger partial charge in [0.2, 0.25) is 0 Å². The van der Waals surface area contributed by atoms with Crippen LogP contribution in [0.25, 0.3) is 0 Å². The molecule has 0 N–H and O–H groups in total. The highest BCUT2D eigenvalue weighted by Gasteiger charge is 1.99. The second kappa shape index (κ2) is 8.68. The van der Waals surface area contributed by atoms with Gasteiger partial charge in [-0.3, -0.25) is 0 Å². The Morgan fingerprint density at radius 2 is 1.87 bits per heavy atom. The molecule has 0 amide bonds. The van der Waals surface area contributed by atoms with Gasteiger partial charge >= 0.3 is 0 Å². The van der Waals surface area contributed by atoms with E-state index in [4.69, 9.17) is 9.57 Å². The third-order valence-electron chi connectivity index (χ3n) is 2.29. The van der Waals surface area contributed by atoms with Crippen molar-refractivity contribution in [1.82, 2.24) is 4.90 Å². The lowest BCUT2D eigenvalue weighted by Gasteiger charge is -2.14. The van der Waals surface area contributed by atoms with E-state index in [1.807, 2.05) is 14.0 Å². The number of hydrogen-bond donors (Lipinski definition) is 0. The lowest BCUT2D eigenvalue weighted by atomic mass is 10.1. The average Bonchev–Trinajstić information content (AvgIpc) is 2.20. The predicted molar refractivity (Wildman–Crippen MR) is 63.3 cm³/mol. The third-order valence-corrected chi connectivity index (χ3v) is 2.29. The highest BCUT2D eigenvalue weighted by molar-refractivity contribution is 5.83. The van der Waals surface area contributed by atoms with E-state index in [9.17, 15) is 0 Å². The topological polar surface area (TPSA) is 34.1 Å². The van der Waals surface area contributed by atoms with Gasteiger partial charge in [0.15, 0.2) is 0 Å². The van der Waals surface area contributed by atoms with Gasteiger partial charge in [-0.2, -0.15) is 0 Å². The first kappa shape index (κ1) is 14.4. The summed E-state index contributed by atoms with van der Waals surface area (Å²) < 4.78 is 4.98. The van der Waals surface area contributed by atoms with Gasteiger partial charge in [-0.05, 0) is 19.9 Å². The smallest absolute Gasteiger partial charge is 0.129 e. The Bertz CT molecular complexity index is 181. The van der Waals surface area contributed by atoms with Gasteiger partial charge in [0.05, 0.1) is 12.3 Å². The Morgan fingerprint density at radius 1 is 1.27 bits per heavy atom. The fraction of sp³-hybridized carbons (Fsp3) is 0.909. The fourth-order valence-corrected chi connectivity index (χ4v) is 0.808. The number of rotatable bonds is 8. The van der Waals surface area contributed by atoms with E-state index < -0.39 is 0 Å². The molecule has 15 heavy (non-hydrogen) atoms. The van der Waals surface area contributed by atoms with Gasteiger partial charge in [0.1, 0.15) is 6.61 Å². The summed E-state index contributed by atoms with van der Waals surface area (Å²) in [6.45, 7) is 9.37. The first-order valence-electron chi connectivity index (χ1n) is 5.41. The van der Waals surface area contributed by atoms with E-state index in [1.165, 1.54) is 0 Å². The lowest BCUT2D eigenvalue weighted by Crippen LogP contribution is -2.26. The normalized spacial score (nSPS) is 12.6.